The SMILES string of the molecule is CCOc1cc2c(cc1CNC(=O)CC(C)(C)C)O[C@H](C)C2. The molecule has 0 bridgehead atoms. The number of hydrogen-bond donors (Lipinski definition) is 1. The Morgan fingerprint density at radius 3 is 2.77 bits per heavy atom. The van der Waals surface area contributed by atoms with Crippen molar-refractivity contribution >= 4 is 5.91 Å². The van der Waals surface area contributed by atoms with Crippen molar-refractivity contribution in [1.82, 2.24) is 5.32 Å². The first-order valence-electron chi connectivity index (χ1n) is 8.00. The maximum atomic E-state index is 12.0. The fourth-order valence-corrected chi connectivity index (χ4v) is 2.65. The minimum Gasteiger partial charge on any atom is -0.494 e. The van der Waals surface area contributed by atoms with Crippen LogP contribution < -0.4 is 14.8 Å². The van der Waals surface area contributed by atoms with Crippen molar-refractivity contribution in [1.29, 1.82) is 0 Å². The average molecular weight is 305 g/mol. The molecule has 4 nitrogen and oxygen atoms in total. The molecule has 0 spiro atoms. The van der Waals surface area contributed by atoms with Crippen molar-refractivity contribution in [3.63, 3.8) is 0 Å². The Labute approximate surface area is 133 Å². The summed E-state index contributed by atoms with van der Waals surface area (Å²) >= 11 is 0. The highest BCUT2D eigenvalue weighted by molar-refractivity contribution is 5.76. The van der Waals surface area contributed by atoms with Gasteiger partial charge in [0.1, 0.15) is 17.6 Å². The lowest BCUT2D eigenvalue weighted by atomic mass is 9.92. The van der Waals surface area contributed by atoms with E-state index in [1.807, 2.05) is 19.1 Å². The van der Waals surface area contributed by atoms with Crippen LogP contribution in [0.1, 0.15) is 52.2 Å². The van der Waals surface area contributed by atoms with Gasteiger partial charge in [0.05, 0.1) is 6.61 Å². The van der Waals surface area contributed by atoms with Crippen LogP contribution in [-0.4, -0.2) is 18.6 Å². The van der Waals surface area contributed by atoms with Crippen molar-refractivity contribution in [3.05, 3.63) is 23.3 Å². The molecular formula is C18H27NO3. The van der Waals surface area contributed by atoms with E-state index in [9.17, 15) is 4.79 Å². The molecule has 0 fully saturated rings. The lowest BCUT2D eigenvalue weighted by Gasteiger charge is -2.18. The Balaban J connectivity index is 2.09. The highest BCUT2D eigenvalue weighted by Gasteiger charge is 2.22. The first kappa shape index (κ1) is 16.7. The van der Waals surface area contributed by atoms with E-state index in [-0.39, 0.29) is 17.4 Å². The van der Waals surface area contributed by atoms with Gasteiger partial charge in [-0.25, -0.2) is 0 Å². The van der Waals surface area contributed by atoms with Gasteiger partial charge in [0.15, 0.2) is 0 Å². The molecule has 0 aliphatic carbocycles. The summed E-state index contributed by atoms with van der Waals surface area (Å²) in [5, 5.41) is 2.98. The smallest absolute Gasteiger partial charge is 0.220 e. The van der Waals surface area contributed by atoms with E-state index in [0.717, 1.165) is 23.5 Å². The lowest BCUT2D eigenvalue weighted by Crippen LogP contribution is -2.27. The first-order chi connectivity index (χ1) is 10.3. The van der Waals surface area contributed by atoms with E-state index in [4.69, 9.17) is 9.47 Å². The molecule has 0 aromatic heterocycles. The summed E-state index contributed by atoms with van der Waals surface area (Å²) in [6.45, 7) is 11.3. The van der Waals surface area contributed by atoms with Crippen molar-refractivity contribution in [3.8, 4) is 11.5 Å². The minimum atomic E-state index is -0.0106. The summed E-state index contributed by atoms with van der Waals surface area (Å²) in [7, 11) is 0. The van der Waals surface area contributed by atoms with Gasteiger partial charge >= 0.3 is 0 Å². The predicted molar refractivity (Wildman–Crippen MR) is 87.3 cm³/mol. The Bertz CT molecular complexity index is 546. The van der Waals surface area contributed by atoms with E-state index in [2.05, 4.69) is 33.0 Å². The van der Waals surface area contributed by atoms with Gasteiger partial charge in [0.2, 0.25) is 5.91 Å². The second kappa shape index (κ2) is 6.59. The number of benzene rings is 1. The molecule has 1 N–H and O–H groups in total. The minimum absolute atomic E-state index is 0.0106. The second-order valence-electron chi connectivity index (χ2n) is 7.15. The fourth-order valence-electron chi connectivity index (χ4n) is 2.65. The van der Waals surface area contributed by atoms with Crippen LogP contribution in [0, 0.1) is 5.41 Å². The number of carbonyl (C=O) groups excluding carboxylic acids is 1. The summed E-state index contributed by atoms with van der Waals surface area (Å²) in [5.41, 5.74) is 2.14. The molecule has 1 aliphatic heterocycles. The molecule has 2 rings (SSSR count). The maximum Gasteiger partial charge on any atom is 0.220 e. The zero-order chi connectivity index (χ0) is 16.3. The van der Waals surface area contributed by atoms with E-state index < -0.39 is 0 Å². The molecule has 122 valence electrons. The van der Waals surface area contributed by atoms with E-state index in [1.165, 1.54) is 5.56 Å². The van der Waals surface area contributed by atoms with E-state index in [1.54, 1.807) is 0 Å². The van der Waals surface area contributed by atoms with Crippen LogP contribution in [0.25, 0.3) is 0 Å². The summed E-state index contributed by atoms with van der Waals surface area (Å²) in [6.07, 6.45) is 1.62. The van der Waals surface area contributed by atoms with Gasteiger partial charge in [-0.15, -0.1) is 0 Å². The third-order valence-corrected chi connectivity index (χ3v) is 3.55. The number of fused-ring (bicyclic) bond motifs is 1. The Hall–Kier alpha value is -1.71. The number of rotatable bonds is 5. The second-order valence-corrected chi connectivity index (χ2v) is 7.15. The monoisotopic (exact) mass is 305 g/mol. The van der Waals surface area contributed by atoms with Crippen LogP contribution in [0.3, 0.4) is 0 Å². The van der Waals surface area contributed by atoms with Gasteiger partial charge in [0.25, 0.3) is 0 Å². The predicted octanol–water partition coefficient (Wildman–Crippen LogP) is 3.46. The van der Waals surface area contributed by atoms with Gasteiger partial charge in [-0.3, -0.25) is 4.79 Å². The highest BCUT2D eigenvalue weighted by atomic mass is 16.5. The van der Waals surface area contributed by atoms with Gasteiger partial charge < -0.3 is 14.8 Å². The van der Waals surface area contributed by atoms with Crippen molar-refractivity contribution in [2.24, 2.45) is 5.41 Å². The van der Waals surface area contributed by atoms with E-state index in [0.29, 0.717) is 19.6 Å². The van der Waals surface area contributed by atoms with Gasteiger partial charge in [-0.05, 0) is 31.4 Å². The van der Waals surface area contributed by atoms with Crippen LogP contribution in [0.15, 0.2) is 12.1 Å². The third kappa shape index (κ3) is 4.39. The summed E-state index contributed by atoms with van der Waals surface area (Å²) in [6, 6.07) is 4.05. The van der Waals surface area contributed by atoms with E-state index >= 15 is 0 Å². The molecule has 1 aromatic rings. The van der Waals surface area contributed by atoms with Crippen LogP contribution in [0.4, 0.5) is 0 Å². The van der Waals surface area contributed by atoms with Gasteiger partial charge in [-0.1, -0.05) is 20.8 Å². The van der Waals surface area contributed by atoms with Crippen molar-refractivity contribution in [2.75, 3.05) is 6.61 Å². The molecule has 1 aliphatic rings. The summed E-state index contributed by atoms with van der Waals surface area (Å²) in [5.74, 6) is 1.82. The molecule has 1 heterocycles. The fraction of sp³-hybridized carbons (Fsp3) is 0.611. The first-order valence-corrected chi connectivity index (χ1v) is 8.00. The summed E-state index contributed by atoms with van der Waals surface area (Å²) < 4.78 is 11.5. The molecule has 0 saturated heterocycles. The van der Waals surface area contributed by atoms with Crippen molar-refractivity contribution in [2.45, 2.75) is 60.1 Å². The number of hydrogen-bond acceptors (Lipinski definition) is 3. The molecule has 0 saturated carbocycles. The number of nitrogens with one attached hydrogen (secondary N) is 1. The molecule has 22 heavy (non-hydrogen) atoms. The Kier molecular flexibility index (Phi) is 4.99. The van der Waals surface area contributed by atoms with Crippen LogP contribution in [0.2, 0.25) is 0 Å². The Morgan fingerprint density at radius 1 is 1.41 bits per heavy atom. The highest BCUT2D eigenvalue weighted by Crippen LogP contribution is 2.35. The molecule has 0 unspecified atom stereocenters. The van der Waals surface area contributed by atoms with Crippen LogP contribution in [-0.2, 0) is 17.8 Å². The zero-order valence-corrected chi connectivity index (χ0v) is 14.3. The molecular weight excluding hydrogens is 278 g/mol. The zero-order valence-electron chi connectivity index (χ0n) is 14.3. The number of carbonyl (C=O) groups is 1. The quantitative estimate of drug-likeness (QED) is 0.906. The normalized spacial score (nSPS) is 16.9. The average Bonchev–Trinajstić information content (AvgIpc) is 2.73. The molecule has 1 amide bonds. The number of ether oxygens (including phenoxy) is 2. The van der Waals surface area contributed by atoms with Crippen molar-refractivity contribution < 1.29 is 14.3 Å². The van der Waals surface area contributed by atoms with Gasteiger partial charge in [0, 0.05) is 30.5 Å². The maximum absolute atomic E-state index is 12.0. The lowest BCUT2D eigenvalue weighted by molar-refractivity contribution is -0.122. The van der Waals surface area contributed by atoms with Gasteiger partial charge in [-0.2, -0.15) is 0 Å². The third-order valence-electron chi connectivity index (χ3n) is 3.55. The van der Waals surface area contributed by atoms with Crippen LogP contribution in [0.5, 0.6) is 11.5 Å². The molecule has 4 heteroatoms. The molecule has 1 aromatic carbocycles. The Morgan fingerprint density at radius 2 is 2.14 bits per heavy atom. The largest absolute Gasteiger partial charge is 0.494 e. The number of amides is 1. The summed E-state index contributed by atoms with van der Waals surface area (Å²) in [4.78, 5) is 12.0. The topological polar surface area (TPSA) is 47.6 Å². The molecule has 0 radical (unpaired) electrons. The molecule has 1 atom stereocenters. The standard InChI is InChI=1S/C18H27NO3/c1-6-21-15-8-13-7-12(2)22-16(13)9-14(15)11-19-17(20)10-18(3,4)5/h8-9,12H,6-7,10-11H2,1-5H3,(H,19,20)/t12-/m1/s1. The van der Waals surface area contributed by atoms with Crippen LogP contribution >= 0.6 is 0 Å².